The number of carbonyl (C=O) groups is 1. The summed E-state index contributed by atoms with van der Waals surface area (Å²) in [6.07, 6.45) is -1.00. The first-order valence-corrected chi connectivity index (χ1v) is 10.7. The lowest BCUT2D eigenvalue weighted by Gasteiger charge is -2.15. The minimum Gasteiger partial charge on any atom is -0.478 e. The van der Waals surface area contributed by atoms with Crippen LogP contribution in [0.5, 0.6) is 5.75 Å². The zero-order chi connectivity index (χ0) is 19.0. The van der Waals surface area contributed by atoms with Crippen molar-refractivity contribution in [1.82, 2.24) is 4.72 Å². The highest BCUT2D eigenvalue weighted by atomic mass is 35.5. The predicted molar refractivity (Wildman–Crippen MR) is 102 cm³/mol. The number of aliphatic carboxylic acids is 1. The molecule has 2 aromatic rings. The number of carboxylic acids is 1. The lowest BCUT2D eigenvalue weighted by atomic mass is 10.3. The van der Waals surface area contributed by atoms with Crippen molar-refractivity contribution in [3.05, 3.63) is 59.6 Å². The van der Waals surface area contributed by atoms with E-state index in [0.717, 1.165) is 0 Å². The van der Waals surface area contributed by atoms with Crippen LogP contribution in [0.3, 0.4) is 0 Å². The summed E-state index contributed by atoms with van der Waals surface area (Å²) in [5, 5.41) is 9.69. The molecule has 6 nitrogen and oxygen atoms in total. The van der Waals surface area contributed by atoms with Crippen LogP contribution in [0.1, 0.15) is 0 Å². The van der Waals surface area contributed by atoms with E-state index in [1.165, 1.54) is 36.0 Å². The number of hydrogen-bond acceptors (Lipinski definition) is 5. The molecule has 2 aromatic carbocycles. The second kappa shape index (κ2) is 9.82. The van der Waals surface area contributed by atoms with Gasteiger partial charge in [0.25, 0.3) is 0 Å². The topological polar surface area (TPSA) is 92.7 Å². The molecule has 0 aliphatic carbocycles. The van der Waals surface area contributed by atoms with Crippen molar-refractivity contribution in [3.63, 3.8) is 0 Å². The molecule has 2 rings (SSSR count). The SMILES string of the molecule is O=C(O)C(CSCCNS(=O)(=O)c1ccc(Cl)cc1)Oc1ccccc1. The summed E-state index contributed by atoms with van der Waals surface area (Å²) in [6.45, 7) is 0.174. The molecule has 0 aliphatic rings. The maximum absolute atomic E-state index is 12.1. The van der Waals surface area contributed by atoms with Gasteiger partial charge in [-0.15, -0.1) is 0 Å². The molecule has 1 unspecified atom stereocenters. The summed E-state index contributed by atoms with van der Waals surface area (Å²) >= 11 is 7.04. The number of para-hydroxylation sites is 1. The Morgan fingerprint density at radius 2 is 1.81 bits per heavy atom. The minimum atomic E-state index is -3.61. The van der Waals surface area contributed by atoms with Crippen molar-refractivity contribution in [1.29, 1.82) is 0 Å². The molecule has 0 heterocycles. The van der Waals surface area contributed by atoms with Crippen molar-refractivity contribution in [2.45, 2.75) is 11.0 Å². The first-order chi connectivity index (χ1) is 12.4. The molecule has 0 saturated carbocycles. The number of ether oxygens (including phenoxy) is 1. The molecular weight excluding hydrogens is 398 g/mol. The highest BCUT2D eigenvalue weighted by molar-refractivity contribution is 7.99. The van der Waals surface area contributed by atoms with Gasteiger partial charge in [-0.05, 0) is 36.4 Å². The highest BCUT2D eigenvalue weighted by Gasteiger charge is 2.19. The van der Waals surface area contributed by atoms with Crippen molar-refractivity contribution >= 4 is 39.4 Å². The van der Waals surface area contributed by atoms with Crippen LogP contribution in [0, 0.1) is 0 Å². The van der Waals surface area contributed by atoms with Gasteiger partial charge < -0.3 is 9.84 Å². The van der Waals surface area contributed by atoms with Gasteiger partial charge in [-0.25, -0.2) is 17.9 Å². The fourth-order valence-corrected chi connectivity index (χ4v) is 4.08. The molecule has 0 bridgehead atoms. The quantitative estimate of drug-likeness (QED) is 0.579. The fourth-order valence-electron chi connectivity index (χ4n) is 1.95. The summed E-state index contributed by atoms with van der Waals surface area (Å²) in [5.74, 6) is 0.0220. The Morgan fingerprint density at radius 3 is 2.42 bits per heavy atom. The van der Waals surface area contributed by atoms with Gasteiger partial charge in [0, 0.05) is 23.1 Å². The molecule has 9 heteroatoms. The van der Waals surface area contributed by atoms with Crippen molar-refractivity contribution in [3.8, 4) is 5.75 Å². The molecule has 2 N–H and O–H groups in total. The summed E-state index contributed by atoms with van der Waals surface area (Å²) in [6, 6.07) is 14.5. The average molecular weight is 416 g/mol. The normalized spacial score (nSPS) is 12.5. The van der Waals surface area contributed by atoms with E-state index in [2.05, 4.69) is 4.72 Å². The van der Waals surface area contributed by atoms with Gasteiger partial charge in [-0.2, -0.15) is 11.8 Å². The zero-order valence-corrected chi connectivity index (χ0v) is 16.1. The number of hydrogen-bond donors (Lipinski definition) is 2. The smallest absolute Gasteiger partial charge is 0.345 e. The molecule has 0 aromatic heterocycles. The fraction of sp³-hybridized carbons (Fsp3) is 0.235. The Bertz CT molecular complexity index is 813. The maximum atomic E-state index is 12.1. The van der Waals surface area contributed by atoms with Crippen molar-refractivity contribution in [2.24, 2.45) is 0 Å². The van der Waals surface area contributed by atoms with Crippen molar-refractivity contribution < 1.29 is 23.1 Å². The van der Waals surface area contributed by atoms with E-state index in [-0.39, 0.29) is 17.2 Å². The number of benzene rings is 2. The van der Waals surface area contributed by atoms with Crippen LogP contribution < -0.4 is 9.46 Å². The molecule has 0 spiro atoms. The predicted octanol–water partition coefficient (Wildman–Crippen LogP) is 2.88. The Kier molecular flexibility index (Phi) is 7.77. The summed E-state index contributed by atoms with van der Waals surface area (Å²) in [5.41, 5.74) is 0. The van der Waals surface area contributed by atoms with Gasteiger partial charge in [0.1, 0.15) is 5.75 Å². The third-order valence-electron chi connectivity index (χ3n) is 3.23. The molecule has 0 amide bonds. The lowest BCUT2D eigenvalue weighted by molar-refractivity contribution is -0.143. The van der Waals surface area contributed by atoms with E-state index >= 15 is 0 Å². The first-order valence-electron chi connectivity index (χ1n) is 7.66. The van der Waals surface area contributed by atoms with Crippen LogP contribution in [0.2, 0.25) is 5.02 Å². The number of sulfonamides is 1. The average Bonchev–Trinajstić information content (AvgIpc) is 2.61. The van der Waals surface area contributed by atoms with Gasteiger partial charge in [0.2, 0.25) is 16.1 Å². The van der Waals surface area contributed by atoms with Gasteiger partial charge in [0.15, 0.2) is 0 Å². The molecule has 0 aliphatic heterocycles. The van der Waals surface area contributed by atoms with Gasteiger partial charge in [0.05, 0.1) is 4.90 Å². The Labute approximate surface area is 161 Å². The van der Waals surface area contributed by atoms with Crippen LogP contribution in [0.15, 0.2) is 59.5 Å². The minimum absolute atomic E-state index is 0.128. The Hall–Kier alpha value is -1.74. The van der Waals surface area contributed by atoms with Crippen LogP contribution in [-0.4, -0.2) is 43.6 Å². The van der Waals surface area contributed by atoms with Crippen LogP contribution in [-0.2, 0) is 14.8 Å². The molecular formula is C17H18ClNO5S2. The van der Waals surface area contributed by atoms with E-state index in [1.807, 2.05) is 6.07 Å². The lowest BCUT2D eigenvalue weighted by Crippen LogP contribution is -2.31. The maximum Gasteiger partial charge on any atom is 0.345 e. The van der Waals surface area contributed by atoms with E-state index in [1.54, 1.807) is 24.3 Å². The first kappa shape index (κ1) is 20.6. The standard InChI is InChI=1S/C17H18ClNO5S2/c18-13-6-8-15(9-7-13)26(22,23)19-10-11-25-12-16(17(20)21)24-14-4-2-1-3-5-14/h1-9,16,19H,10-12H2,(H,20,21). The molecule has 1 atom stereocenters. The number of rotatable bonds is 10. The third-order valence-corrected chi connectivity index (χ3v) is 5.99. The third kappa shape index (κ3) is 6.53. The number of nitrogens with one attached hydrogen (secondary N) is 1. The molecule has 0 radical (unpaired) electrons. The highest BCUT2D eigenvalue weighted by Crippen LogP contribution is 2.15. The van der Waals surface area contributed by atoms with Gasteiger partial charge >= 0.3 is 5.97 Å². The number of thioether (sulfide) groups is 1. The molecule has 0 fully saturated rings. The number of halogens is 1. The molecule has 140 valence electrons. The monoisotopic (exact) mass is 415 g/mol. The van der Waals surface area contributed by atoms with Gasteiger partial charge in [-0.3, -0.25) is 0 Å². The largest absolute Gasteiger partial charge is 0.478 e. The van der Waals surface area contributed by atoms with E-state index in [4.69, 9.17) is 16.3 Å². The summed E-state index contributed by atoms with van der Waals surface area (Å²) in [7, 11) is -3.61. The van der Waals surface area contributed by atoms with Crippen LogP contribution in [0.4, 0.5) is 0 Å². The number of carboxylic acid groups (broad SMARTS) is 1. The second-order valence-electron chi connectivity index (χ2n) is 5.18. The van der Waals surface area contributed by atoms with Gasteiger partial charge in [-0.1, -0.05) is 29.8 Å². The Morgan fingerprint density at radius 1 is 1.15 bits per heavy atom. The summed E-state index contributed by atoms with van der Waals surface area (Å²) in [4.78, 5) is 11.4. The zero-order valence-electron chi connectivity index (χ0n) is 13.7. The van der Waals surface area contributed by atoms with Crippen LogP contribution >= 0.6 is 23.4 Å². The molecule has 0 saturated heterocycles. The molecule has 26 heavy (non-hydrogen) atoms. The Balaban J connectivity index is 1.77. The van der Waals surface area contributed by atoms with E-state index < -0.39 is 22.1 Å². The van der Waals surface area contributed by atoms with Crippen LogP contribution in [0.25, 0.3) is 0 Å². The second-order valence-corrected chi connectivity index (χ2v) is 8.54. The van der Waals surface area contributed by atoms with E-state index in [9.17, 15) is 18.3 Å². The summed E-state index contributed by atoms with van der Waals surface area (Å²) < 4.78 is 32.1. The van der Waals surface area contributed by atoms with E-state index in [0.29, 0.717) is 16.5 Å². The van der Waals surface area contributed by atoms with Crippen molar-refractivity contribution in [2.75, 3.05) is 18.1 Å².